The molecule has 282 valence electrons. The van der Waals surface area contributed by atoms with Crippen LogP contribution in [0.5, 0.6) is 11.5 Å². The topological polar surface area (TPSA) is 154 Å². The van der Waals surface area contributed by atoms with Crippen LogP contribution in [0.2, 0.25) is 5.02 Å². The summed E-state index contributed by atoms with van der Waals surface area (Å²) in [5.74, 6) is 0.192. The van der Waals surface area contributed by atoms with Gasteiger partial charge in [0.1, 0.15) is 29.5 Å². The van der Waals surface area contributed by atoms with Crippen LogP contribution < -0.4 is 19.7 Å². The number of carbonyl (C=O) groups excluding carboxylic acids is 2. The van der Waals surface area contributed by atoms with Crippen molar-refractivity contribution in [2.24, 2.45) is 10.8 Å². The van der Waals surface area contributed by atoms with Gasteiger partial charge in [0.05, 0.1) is 41.9 Å². The predicted octanol–water partition coefficient (Wildman–Crippen LogP) is 6.00. The highest BCUT2D eigenvalue weighted by Gasteiger charge is 2.64. The number of piperazine rings is 1. The third-order valence-corrected chi connectivity index (χ3v) is 10.7. The number of unbranched alkanes of at least 4 members (excludes halogenated alkanes) is 2. The molecule has 2 aromatic carbocycles. The van der Waals surface area contributed by atoms with E-state index in [4.69, 9.17) is 21.1 Å². The fourth-order valence-corrected chi connectivity index (χ4v) is 7.98. The number of carboxylic acid groups (broad SMARTS) is 1. The number of esters is 1. The molecule has 2 N–H and O–H groups in total. The lowest BCUT2D eigenvalue weighted by atomic mass is 9.49. The van der Waals surface area contributed by atoms with Gasteiger partial charge in [0, 0.05) is 55.3 Å². The van der Waals surface area contributed by atoms with E-state index in [0.717, 1.165) is 57.8 Å². The van der Waals surface area contributed by atoms with Gasteiger partial charge in [-0.2, -0.15) is 5.26 Å². The molecule has 0 bridgehead atoms. The highest BCUT2D eigenvalue weighted by Crippen LogP contribution is 2.55. The van der Waals surface area contributed by atoms with Crippen LogP contribution in [-0.2, 0) is 16.0 Å². The number of aromatic carboxylic acids is 1. The Morgan fingerprint density at radius 2 is 1.70 bits per heavy atom. The van der Waals surface area contributed by atoms with Crippen LogP contribution in [0.3, 0.4) is 0 Å². The van der Waals surface area contributed by atoms with Crippen LogP contribution in [0.15, 0.2) is 54.7 Å². The highest BCUT2D eigenvalue weighted by molar-refractivity contribution is 6.31. The van der Waals surface area contributed by atoms with Crippen LogP contribution in [0.25, 0.3) is 0 Å². The first-order chi connectivity index (χ1) is 25.2. The Labute approximate surface area is 316 Å². The first kappa shape index (κ1) is 39.3. The number of methoxy groups -OCH3 is 1. The van der Waals surface area contributed by atoms with E-state index in [2.05, 4.69) is 58.6 Å². The van der Waals surface area contributed by atoms with Crippen LogP contribution in [-0.4, -0.2) is 91.4 Å². The molecule has 0 unspecified atom stereocenters. The first-order valence-corrected chi connectivity index (χ1v) is 18.3. The molecule has 0 atom stereocenters. The molecular formula is C40H48ClN5O7. The molecule has 3 aromatic rings. The summed E-state index contributed by atoms with van der Waals surface area (Å²) in [6, 6.07) is 15.4. The summed E-state index contributed by atoms with van der Waals surface area (Å²) in [6.45, 7) is 13.3. The molecule has 0 spiro atoms. The molecular weight excluding hydrogens is 698 g/mol. The summed E-state index contributed by atoms with van der Waals surface area (Å²) in [5, 5.41) is 22.2. The number of hydrogen-bond acceptors (Lipinski definition) is 10. The molecule has 53 heavy (non-hydrogen) atoms. The van der Waals surface area contributed by atoms with E-state index in [1.54, 1.807) is 36.5 Å². The lowest BCUT2D eigenvalue weighted by Crippen LogP contribution is -2.74. The Morgan fingerprint density at radius 1 is 0.981 bits per heavy atom. The zero-order valence-electron chi connectivity index (χ0n) is 31.0. The standard InChI is InChI=1S/C40H48ClN5O7/c1-39(2)37(40(3,4)38(39)53-30-11-9-26(24-42)32(41)23-30)44-35(48)27-10-14-33(43-25-27)46-18-16-45(17-19-46)15-7-6-8-20-52-29-12-13-31(36(49)50)28(21-29)22-34(47)51-5/h9-14,21,23,25,37-38H,6-8,15-20,22H2,1-5H3,(H,44,48)(H,49,50)/t37-,38-. The quantitative estimate of drug-likeness (QED) is 0.139. The summed E-state index contributed by atoms with van der Waals surface area (Å²) in [4.78, 5) is 45.9. The number of aromatic nitrogens is 1. The third kappa shape index (κ3) is 9.21. The number of nitrogens with zero attached hydrogens (tertiary/aromatic N) is 4. The maximum atomic E-state index is 13.4. The highest BCUT2D eigenvalue weighted by atomic mass is 35.5. The summed E-state index contributed by atoms with van der Waals surface area (Å²) < 4.78 is 16.9. The lowest BCUT2D eigenvalue weighted by molar-refractivity contribution is -0.164. The predicted molar refractivity (Wildman–Crippen MR) is 201 cm³/mol. The summed E-state index contributed by atoms with van der Waals surface area (Å²) in [5.41, 5.74) is 0.596. The maximum absolute atomic E-state index is 13.4. The first-order valence-electron chi connectivity index (χ1n) is 17.9. The second-order valence-electron chi connectivity index (χ2n) is 14.8. The molecule has 12 nitrogen and oxygen atoms in total. The largest absolute Gasteiger partial charge is 0.494 e. The second kappa shape index (κ2) is 16.9. The molecule has 1 aliphatic carbocycles. The van der Waals surface area contributed by atoms with Gasteiger partial charge in [-0.1, -0.05) is 39.3 Å². The fourth-order valence-electron chi connectivity index (χ4n) is 7.76. The molecule has 2 aliphatic rings. The summed E-state index contributed by atoms with van der Waals surface area (Å²) in [6.07, 6.45) is 4.20. The average Bonchev–Trinajstić information content (AvgIpc) is 3.14. The number of hydrogen-bond donors (Lipinski definition) is 2. The minimum absolute atomic E-state index is 0.0614. The van der Waals surface area contributed by atoms with Crippen molar-refractivity contribution >= 4 is 35.3 Å². The number of benzene rings is 2. The molecule has 1 amide bonds. The number of carboxylic acids is 1. The number of amides is 1. The Bertz CT molecular complexity index is 1820. The number of halogens is 1. The number of ether oxygens (including phenoxy) is 3. The van der Waals surface area contributed by atoms with Gasteiger partial charge in [0.25, 0.3) is 5.91 Å². The number of anilines is 1. The average molecular weight is 746 g/mol. The van der Waals surface area contributed by atoms with Crippen molar-refractivity contribution in [1.29, 1.82) is 5.26 Å². The monoisotopic (exact) mass is 745 g/mol. The Hall–Kier alpha value is -4.86. The minimum Gasteiger partial charge on any atom is -0.494 e. The van der Waals surface area contributed by atoms with Gasteiger partial charge in [-0.3, -0.25) is 14.5 Å². The molecule has 2 heterocycles. The summed E-state index contributed by atoms with van der Waals surface area (Å²) >= 11 is 6.23. The van der Waals surface area contributed by atoms with Gasteiger partial charge in [-0.15, -0.1) is 0 Å². The van der Waals surface area contributed by atoms with Crippen molar-refractivity contribution < 1.29 is 33.7 Å². The van der Waals surface area contributed by atoms with Crippen molar-refractivity contribution in [3.63, 3.8) is 0 Å². The number of pyridine rings is 1. The maximum Gasteiger partial charge on any atom is 0.335 e. The number of nitriles is 1. The second-order valence-corrected chi connectivity index (χ2v) is 15.2. The lowest BCUT2D eigenvalue weighted by Gasteiger charge is -2.63. The van der Waals surface area contributed by atoms with Crippen LogP contribution in [0, 0.1) is 22.2 Å². The van der Waals surface area contributed by atoms with Gasteiger partial charge in [0.15, 0.2) is 0 Å². The number of rotatable bonds is 15. The number of carbonyl (C=O) groups is 3. The molecule has 2 fully saturated rings. The number of nitrogens with one attached hydrogen (secondary N) is 1. The molecule has 1 saturated heterocycles. The molecule has 5 rings (SSSR count). The van der Waals surface area contributed by atoms with E-state index in [1.165, 1.54) is 13.2 Å². The van der Waals surface area contributed by atoms with Crippen molar-refractivity contribution in [3.05, 3.63) is 82.0 Å². The fraction of sp³-hybridized carbons (Fsp3) is 0.475. The van der Waals surface area contributed by atoms with Crippen LogP contribution >= 0.6 is 11.6 Å². The summed E-state index contributed by atoms with van der Waals surface area (Å²) in [7, 11) is 1.27. The van der Waals surface area contributed by atoms with E-state index < -0.39 is 11.9 Å². The zero-order valence-corrected chi connectivity index (χ0v) is 31.7. The van der Waals surface area contributed by atoms with Crippen molar-refractivity contribution in [1.82, 2.24) is 15.2 Å². The van der Waals surface area contributed by atoms with Gasteiger partial charge in [-0.25, -0.2) is 9.78 Å². The molecule has 1 aliphatic heterocycles. The van der Waals surface area contributed by atoms with Gasteiger partial charge in [-0.05, 0) is 73.8 Å². The van der Waals surface area contributed by atoms with Crippen molar-refractivity contribution in [2.75, 3.05) is 51.3 Å². The zero-order chi connectivity index (χ0) is 38.3. The van der Waals surface area contributed by atoms with Crippen LogP contribution in [0.1, 0.15) is 78.8 Å². The minimum atomic E-state index is -1.10. The van der Waals surface area contributed by atoms with E-state index in [1.807, 2.05) is 12.1 Å². The van der Waals surface area contributed by atoms with E-state index >= 15 is 0 Å². The normalized spacial score (nSPS) is 19.0. The van der Waals surface area contributed by atoms with Crippen molar-refractivity contribution in [3.8, 4) is 17.6 Å². The smallest absolute Gasteiger partial charge is 0.335 e. The molecule has 1 aromatic heterocycles. The van der Waals surface area contributed by atoms with E-state index in [9.17, 15) is 24.8 Å². The van der Waals surface area contributed by atoms with E-state index in [0.29, 0.717) is 39.8 Å². The molecule has 1 saturated carbocycles. The SMILES string of the molecule is COC(=O)Cc1cc(OCCCCCN2CCN(c3ccc(C(=O)N[C@H]4C(C)(C)[C@H](Oc5ccc(C#N)c(Cl)c5)C4(C)C)cn3)CC2)ccc1C(=O)O. The van der Waals surface area contributed by atoms with Crippen LogP contribution in [0.4, 0.5) is 5.82 Å². The third-order valence-electron chi connectivity index (χ3n) is 10.4. The Kier molecular flexibility index (Phi) is 12.5. The Balaban J connectivity index is 1.02. The Morgan fingerprint density at radius 3 is 2.32 bits per heavy atom. The van der Waals surface area contributed by atoms with Gasteiger partial charge < -0.3 is 29.5 Å². The van der Waals surface area contributed by atoms with Crippen molar-refractivity contribution in [2.45, 2.75) is 65.5 Å². The van der Waals surface area contributed by atoms with Gasteiger partial charge in [0.2, 0.25) is 0 Å². The molecule has 13 heteroatoms. The van der Waals surface area contributed by atoms with Gasteiger partial charge >= 0.3 is 11.9 Å². The molecule has 0 radical (unpaired) electrons. The van der Waals surface area contributed by atoms with E-state index in [-0.39, 0.29) is 40.9 Å².